The maximum Gasteiger partial charge on any atom is 0.325 e. The number of ether oxygens (including phenoxy) is 1. The molecule has 2 aromatic rings. The van der Waals surface area contributed by atoms with Gasteiger partial charge in [-0.15, -0.1) is 0 Å². The molecular formula is C22H24BrN3O3. The van der Waals surface area contributed by atoms with Crippen molar-refractivity contribution in [2.75, 3.05) is 18.6 Å². The van der Waals surface area contributed by atoms with Gasteiger partial charge in [0.15, 0.2) is 0 Å². The first-order valence-corrected chi connectivity index (χ1v) is 10.5. The minimum absolute atomic E-state index is 0.0547. The summed E-state index contributed by atoms with van der Waals surface area (Å²) in [6.07, 6.45) is 3.32. The van der Waals surface area contributed by atoms with Crippen LogP contribution in [0.15, 0.2) is 52.1 Å². The molecule has 0 spiro atoms. The molecule has 29 heavy (non-hydrogen) atoms. The van der Waals surface area contributed by atoms with E-state index in [1.807, 2.05) is 36.4 Å². The van der Waals surface area contributed by atoms with Crippen LogP contribution in [0.4, 0.5) is 5.69 Å². The van der Waals surface area contributed by atoms with Crippen LogP contribution in [0.5, 0.6) is 0 Å². The second-order valence-electron chi connectivity index (χ2n) is 6.88. The van der Waals surface area contributed by atoms with Crippen molar-refractivity contribution >= 4 is 39.2 Å². The average Bonchev–Trinajstić information content (AvgIpc) is 2.85. The Morgan fingerprint density at radius 3 is 2.62 bits per heavy atom. The highest BCUT2D eigenvalue weighted by Crippen LogP contribution is 2.33. The lowest BCUT2D eigenvalue weighted by atomic mass is 9.93. The Kier molecular flexibility index (Phi) is 6.79. The van der Waals surface area contributed by atoms with Crippen LogP contribution in [0, 0.1) is 5.92 Å². The van der Waals surface area contributed by atoms with Crippen molar-refractivity contribution in [2.45, 2.75) is 32.7 Å². The van der Waals surface area contributed by atoms with Gasteiger partial charge < -0.3 is 4.74 Å². The molecule has 1 atom stereocenters. The molecule has 152 valence electrons. The summed E-state index contributed by atoms with van der Waals surface area (Å²) in [4.78, 5) is 36.6. The Bertz CT molecular complexity index is 926. The third-order valence-corrected chi connectivity index (χ3v) is 5.70. The fourth-order valence-corrected chi connectivity index (χ4v) is 3.94. The zero-order valence-corrected chi connectivity index (χ0v) is 18.3. The zero-order chi connectivity index (χ0) is 21.0. The van der Waals surface area contributed by atoms with E-state index in [9.17, 15) is 9.59 Å². The standard InChI is InChI=1S/C22H24BrN3O3/c1-4-14(5-2)20-22(28)26(13-19(27)29-3)18-10-9-15(23)12-16(18)21(25-20)17-8-6-7-11-24-17/h6-12,14,20H,4-5,13H2,1-3H3/t20-/m0/s1. The van der Waals surface area contributed by atoms with Gasteiger partial charge in [-0.1, -0.05) is 48.7 Å². The lowest BCUT2D eigenvalue weighted by Gasteiger charge is -2.27. The molecule has 1 aromatic heterocycles. The number of halogens is 1. The zero-order valence-electron chi connectivity index (χ0n) is 16.8. The van der Waals surface area contributed by atoms with Gasteiger partial charge in [0, 0.05) is 16.2 Å². The molecule has 0 saturated carbocycles. The number of hydrogen-bond donors (Lipinski definition) is 0. The van der Waals surface area contributed by atoms with Crippen molar-refractivity contribution in [3.63, 3.8) is 0 Å². The number of carbonyl (C=O) groups is 2. The molecule has 7 heteroatoms. The van der Waals surface area contributed by atoms with Gasteiger partial charge in [0.25, 0.3) is 5.91 Å². The van der Waals surface area contributed by atoms with Crippen LogP contribution in [-0.4, -0.2) is 42.3 Å². The third kappa shape index (κ3) is 4.40. The van der Waals surface area contributed by atoms with Gasteiger partial charge in [0.1, 0.15) is 12.6 Å². The lowest BCUT2D eigenvalue weighted by molar-refractivity contribution is -0.140. The maximum atomic E-state index is 13.6. The Morgan fingerprint density at radius 1 is 1.24 bits per heavy atom. The van der Waals surface area contributed by atoms with E-state index in [-0.39, 0.29) is 18.4 Å². The van der Waals surface area contributed by atoms with Gasteiger partial charge >= 0.3 is 5.97 Å². The second-order valence-corrected chi connectivity index (χ2v) is 7.79. The summed E-state index contributed by atoms with van der Waals surface area (Å²) >= 11 is 3.52. The van der Waals surface area contributed by atoms with Crippen molar-refractivity contribution in [2.24, 2.45) is 10.9 Å². The molecule has 0 N–H and O–H groups in total. The molecule has 1 amide bonds. The summed E-state index contributed by atoms with van der Waals surface area (Å²) in [7, 11) is 1.32. The van der Waals surface area contributed by atoms with Crippen LogP contribution in [0.1, 0.15) is 37.9 Å². The highest BCUT2D eigenvalue weighted by molar-refractivity contribution is 9.10. The number of nitrogens with zero attached hydrogens (tertiary/aromatic N) is 3. The monoisotopic (exact) mass is 457 g/mol. The van der Waals surface area contributed by atoms with E-state index in [4.69, 9.17) is 9.73 Å². The van der Waals surface area contributed by atoms with Gasteiger partial charge in [-0.3, -0.25) is 24.5 Å². The molecule has 6 nitrogen and oxygen atoms in total. The first-order chi connectivity index (χ1) is 14.0. The topological polar surface area (TPSA) is 71.9 Å². The van der Waals surface area contributed by atoms with Gasteiger partial charge in [-0.25, -0.2) is 0 Å². The summed E-state index contributed by atoms with van der Waals surface area (Å²) < 4.78 is 5.70. The number of methoxy groups -OCH3 is 1. The second kappa shape index (κ2) is 9.31. The number of amides is 1. The molecule has 1 aliphatic heterocycles. The van der Waals surface area contributed by atoms with Crippen LogP contribution in [-0.2, 0) is 14.3 Å². The molecule has 0 bridgehead atoms. The number of benzene rings is 1. The maximum absolute atomic E-state index is 13.6. The number of hydrogen-bond acceptors (Lipinski definition) is 5. The Balaban J connectivity index is 2.26. The molecular weight excluding hydrogens is 434 g/mol. The number of aliphatic imine (C=N–C) groups is 1. The smallest absolute Gasteiger partial charge is 0.325 e. The molecule has 3 rings (SSSR count). The van der Waals surface area contributed by atoms with Gasteiger partial charge in [-0.05, 0) is 36.2 Å². The predicted octanol–water partition coefficient (Wildman–Crippen LogP) is 4.01. The van der Waals surface area contributed by atoms with Gasteiger partial charge in [0.05, 0.1) is 24.2 Å². The first-order valence-electron chi connectivity index (χ1n) is 9.67. The summed E-state index contributed by atoms with van der Waals surface area (Å²) in [5.41, 5.74) is 2.72. The van der Waals surface area contributed by atoms with Crippen LogP contribution < -0.4 is 4.90 Å². The molecule has 0 fully saturated rings. The Morgan fingerprint density at radius 2 is 2.00 bits per heavy atom. The van der Waals surface area contributed by atoms with Gasteiger partial charge in [0.2, 0.25) is 0 Å². The van der Waals surface area contributed by atoms with E-state index in [1.54, 1.807) is 6.20 Å². The molecule has 0 radical (unpaired) electrons. The van der Waals surface area contributed by atoms with Crippen LogP contribution in [0.2, 0.25) is 0 Å². The van der Waals surface area contributed by atoms with E-state index < -0.39 is 12.0 Å². The number of fused-ring (bicyclic) bond motifs is 1. The van der Waals surface area contributed by atoms with Crippen molar-refractivity contribution in [3.05, 3.63) is 58.3 Å². The predicted molar refractivity (Wildman–Crippen MR) is 116 cm³/mol. The number of aromatic nitrogens is 1. The fraction of sp³-hybridized carbons (Fsp3) is 0.364. The third-order valence-electron chi connectivity index (χ3n) is 5.21. The van der Waals surface area contributed by atoms with Crippen molar-refractivity contribution in [3.8, 4) is 0 Å². The van der Waals surface area contributed by atoms with Gasteiger partial charge in [-0.2, -0.15) is 0 Å². The van der Waals surface area contributed by atoms with Crippen LogP contribution >= 0.6 is 15.9 Å². The molecule has 0 saturated heterocycles. The number of carbonyl (C=O) groups excluding carboxylic acids is 2. The molecule has 2 heterocycles. The minimum atomic E-state index is -0.599. The highest BCUT2D eigenvalue weighted by atomic mass is 79.9. The van der Waals surface area contributed by atoms with E-state index in [1.165, 1.54) is 12.0 Å². The first kappa shape index (κ1) is 21.2. The summed E-state index contributed by atoms with van der Waals surface area (Å²) in [6.45, 7) is 3.94. The van der Waals surface area contributed by atoms with Crippen molar-refractivity contribution in [1.29, 1.82) is 0 Å². The van der Waals surface area contributed by atoms with E-state index in [0.717, 1.165) is 22.9 Å². The molecule has 1 aliphatic rings. The molecule has 0 unspecified atom stereocenters. The number of anilines is 1. The quantitative estimate of drug-likeness (QED) is 0.614. The summed E-state index contributed by atoms with van der Waals surface area (Å²) in [6, 6.07) is 10.6. The largest absolute Gasteiger partial charge is 0.468 e. The number of rotatable bonds is 6. The van der Waals surface area contributed by atoms with Crippen molar-refractivity contribution < 1.29 is 14.3 Å². The van der Waals surface area contributed by atoms with Crippen molar-refractivity contribution in [1.82, 2.24) is 4.98 Å². The minimum Gasteiger partial charge on any atom is -0.468 e. The van der Waals surface area contributed by atoms with E-state index in [2.05, 4.69) is 34.8 Å². The highest BCUT2D eigenvalue weighted by Gasteiger charge is 2.36. The number of benzodiazepines with no additional fused rings is 1. The van der Waals surface area contributed by atoms with Crippen LogP contribution in [0.25, 0.3) is 0 Å². The van der Waals surface area contributed by atoms with E-state index >= 15 is 0 Å². The Labute approximate surface area is 179 Å². The number of esters is 1. The van der Waals surface area contributed by atoms with Crippen LogP contribution in [0.3, 0.4) is 0 Å². The average molecular weight is 458 g/mol. The summed E-state index contributed by atoms with van der Waals surface area (Å²) in [5, 5.41) is 0. The van der Waals surface area contributed by atoms with E-state index in [0.29, 0.717) is 17.1 Å². The Hall–Kier alpha value is -2.54. The summed E-state index contributed by atoms with van der Waals surface area (Å²) in [5.74, 6) is -0.616. The molecule has 0 aliphatic carbocycles. The number of pyridine rings is 1. The fourth-order valence-electron chi connectivity index (χ4n) is 3.58. The lowest BCUT2D eigenvalue weighted by Crippen LogP contribution is -2.44. The molecule has 1 aromatic carbocycles. The normalized spacial score (nSPS) is 16.3. The SMILES string of the molecule is CCC(CC)[C@@H]1N=C(c2ccccn2)c2cc(Br)ccc2N(CC(=O)OC)C1=O.